The molecule has 0 aromatic heterocycles. The van der Waals surface area contributed by atoms with Crippen molar-refractivity contribution in [1.29, 1.82) is 0 Å². The highest BCUT2D eigenvalue weighted by Gasteiger charge is 2.46. The molecule has 2 aromatic rings. The molecule has 0 unspecified atom stereocenters. The molecule has 2 heterocycles. The third-order valence-corrected chi connectivity index (χ3v) is 6.04. The summed E-state index contributed by atoms with van der Waals surface area (Å²) in [5.41, 5.74) is 1.57. The second kappa shape index (κ2) is 9.35. The van der Waals surface area contributed by atoms with Crippen molar-refractivity contribution >= 4 is 28.9 Å². The number of non-ortho nitro benzene ring substituents is 1. The molecule has 1 atom stereocenters. The Labute approximate surface area is 186 Å². The van der Waals surface area contributed by atoms with E-state index in [-0.39, 0.29) is 30.0 Å². The lowest BCUT2D eigenvalue weighted by molar-refractivity contribution is -0.915. The van der Waals surface area contributed by atoms with Crippen LogP contribution >= 0.6 is 0 Å². The predicted molar refractivity (Wildman–Crippen MR) is 119 cm³/mol. The van der Waals surface area contributed by atoms with Crippen LogP contribution in [0.3, 0.4) is 0 Å². The molecule has 2 amide bonds. The van der Waals surface area contributed by atoms with Gasteiger partial charge in [0.25, 0.3) is 11.6 Å². The van der Waals surface area contributed by atoms with Crippen LogP contribution in [0.4, 0.5) is 17.1 Å². The van der Waals surface area contributed by atoms with E-state index in [9.17, 15) is 19.7 Å². The van der Waals surface area contributed by atoms with Gasteiger partial charge in [0.15, 0.2) is 6.04 Å². The lowest BCUT2D eigenvalue weighted by atomic mass is 10.1. The largest absolute Gasteiger partial charge is 0.494 e. The zero-order chi connectivity index (χ0) is 22.7. The Morgan fingerprint density at radius 3 is 2.25 bits per heavy atom. The van der Waals surface area contributed by atoms with Crippen LogP contribution in [0, 0.1) is 10.1 Å². The van der Waals surface area contributed by atoms with Gasteiger partial charge in [0.2, 0.25) is 5.91 Å². The highest BCUT2D eigenvalue weighted by Crippen LogP contribution is 2.25. The van der Waals surface area contributed by atoms with E-state index in [2.05, 4.69) is 4.90 Å². The first kappa shape index (κ1) is 21.8. The number of piperazine rings is 1. The lowest BCUT2D eigenvalue weighted by Crippen LogP contribution is -3.19. The minimum atomic E-state index is -0.411. The number of hydrogen-bond donors (Lipinski definition) is 1. The minimum Gasteiger partial charge on any atom is -0.494 e. The van der Waals surface area contributed by atoms with Crippen LogP contribution in [0.15, 0.2) is 48.5 Å². The predicted octanol–water partition coefficient (Wildman–Crippen LogP) is 1.42. The highest BCUT2D eigenvalue weighted by atomic mass is 16.6. The number of nitro groups is 1. The summed E-state index contributed by atoms with van der Waals surface area (Å²) >= 11 is 0. The van der Waals surface area contributed by atoms with E-state index in [0.717, 1.165) is 35.8 Å². The molecule has 32 heavy (non-hydrogen) atoms. The van der Waals surface area contributed by atoms with Crippen molar-refractivity contribution in [2.24, 2.45) is 0 Å². The molecule has 0 saturated carbocycles. The third-order valence-electron chi connectivity index (χ3n) is 6.04. The van der Waals surface area contributed by atoms with Gasteiger partial charge in [-0.2, -0.15) is 0 Å². The van der Waals surface area contributed by atoms with Gasteiger partial charge in [0.05, 0.1) is 49.8 Å². The van der Waals surface area contributed by atoms with Gasteiger partial charge < -0.3 is 14.5 Å². The van der Waals surface area contributed by atoms with Gasteiger partial charge in [-0.3, -0.25) is 19.7 Å². The molecule has 0 bridgehead atoms. The number of hydrogen-bond acceptors (Lipinski definition) is 6. The lowest BCUT2D eigenvalue weighted by Gasteiger charge is -2.35. The number of carbonyl (C=O) groups is 2. The Hall–Kier alpha value is -3.46. The number of carbonyl (C=O) groups excluding carboxylic acids is 2. The number of ether oxygens (including phenoxy) is 1. The van der Waals surface area contributed by atoms with Crippen molar-refractivity contribution in [3.63, 3.8) is 0 Å². The molecule has 4 rings (SSSR count). The van der Waals surface area contributed by atoms with Gasteiger partial charge in [-0.15, -0.1) is 0 Å². The van der Waals surface area contributed by atoms with Crippen molar-refractivity contribution in [1.82, 2.24) is 0 Å². The Bertz CT molecular complexity index is 984. The van der Waals surface area contributed by atoms with Crippen molar-refractivity contribution in [3.05, 3.63) is 58.6 Å². The topological polar surface area (TPSA) is 97.4 Å². The van der Waals surface area contributed by atoms with Crippen molar-refractivity contribution in [3.8, 4) is 5.75 Å². The maximum Gasteiger partial charge on any atom is 0.292 e. The molecule has 2 saturated heterocycles. The number of nitrogens with one attached hydrogen (secondary N) is 1. The molecule has 0 spiro atoms. The molecule has 2 fully saturated rings. The Morgan fingerprint density at radius 2 is 1.66 bits per heavy atom. The molecule has 0 aliphatic carbocycles. The maximum atomic E-state index is 13.1. The molecule has 0 radical (unpaired) electrons. The fourth-order valence-electron chi connectivity index (χ4n) is 4.32. The van der Waals surface area contributed by atoms with Crippen molar-refractivity contribution in [2.45, 2.75) is 25.8 Å². The number of benzene rings is 2. The van der Waals surface area contributed by atoms with Gasteiger partial charge in [-0.05, 0) is 42.8 Å². The summed E-state index contributed by atoms with van der Waals surface area (Å²) in [7, 11) is 0. The summed E-state index contributed by atoms with van der Waals surface area (Å²) < 4.78 is 5.58. The Kier molecular flexibility index (Phi) is 6.36. The molecule has 2 aromatic carbocycles. The molecular weight excluding hydrogens is 412 g/mol. The third kappa shape index (κ3) is 4.43. The molecule has 2 aliphatic heterocycles. The summed E-state index contributed by atoms with van der Waals surface area (Å²) in [6.45, 7) is 5.53. The number of nitrogens with zero attached hydrogens (tertiary/aromatic N) is 3. The number of quaternary nitrogens is 1. The van der Waals surface area contributed by atoms with Crippen LogP contribution in [0.2, 0.25) is 0 Å². The number of nitro benzene ring substituents is 1. The van der Waals surface area contributed by atoms with Gasteiger partial charge >= 0.3 is 0 Å². The van der Waals surface area contributed by atoms with Crippen LogP contribution in [-0.4, -0.2) is 55.6 Å². The van der Waals surface area contributed by atoms with Crippen LogP contribution in [0.5, 0.6) is 5.75 Å². The molecule has 9 heteroatoms. The zero-order valence-corrected chi connectivity index (χ0v) is 18.0. The molecule has 168 valence electrons. The SMILES string of the molecule is CCCOc1ccc(N2C(=O)C[C@@H]([NH+]3CCN(c4ccc([N+](=O)[O-])cc4)CC3)C2=O)cc1. The average molecular weight is 439 g/mol. The van der Waals surface area contributed by atoms with E-state index in [0.29, 0.717) is 25.4 Å². The van der Waals surface area contributed by atoms with Crippen LogP contribution in [0.1, 0.15) is 19.8 Å². The summed E-state index contributed by atoms with van der Waals surface area (Å²) in [6, 6.07) is 13.2. The van der Waals surface area contributed by atoms with E-state index in [1.807, 2.05) is 6.92 Å². The normalized spacial score (nSPS) is 19.5. The van der Waals surface area contributed by atoms with Gasteiger partial charge in [-0.1, -0.05) is 6.92 Å². The molecule has 2 aliphatic rings. The molecule has 1 N–H and O–H groups in total. The van der Waals surface area contributed by atoms with Crippen LogP contribution in [0.25, 0.3) is 0 Å². The number of amides is 2. The molecule has 9 nitrogen and oxygen atoms in total. The standard InChI is InChI=1S/C23H26N4O5/c1-2-15-32-20-9-7-18(8-10-20)26-22(28)16-21(23(26)29)25-13-11-24(12-14-25)17-3-5-19(6-4-17)27(30)31/h3-10,21H,2,11-16H2,1H3/p+1/t21-/m1/s1. The first-order chi connectivity index (χ1) is 15.5. The quantitative estimate of drug-likeness (QED) is 0.398. The van der Waals surface area contributed by atoms with Gasteiger partial charge in [-0.25, -0.2) is 4.90 Å². The first-order valence-electron chi connectivity index (χ1n) is 10.9. The highest BCUT2D eigenvalue weighted by molar-refractivity contribution is 6.21. The number of rotatable bonds is 7. The van der Waals surface area contributed by atoms with E-state index in [1.54, 1.807) is 36.4 Å². The van der Waals surface area contributed by atoms with E-state index >= 15 is 0 Å². The monoisotopic (exact) mass is 439 g/mol. The van der Waals surface area contributed by atoms with Crippen molar-refractivity contribution < 1.29 is 24.1 Å². The first-order valence-corrected chi connectivity index (χ1v) is 10.9. The van der Waals surface area contributed by atoms with Gasteiger partial charge in [0, 0.05) is 17.8 Å². The Morgan fingerprint density at radius 1 is 1.03 bits per heavy atom. The van der Waals surface area contributed by atoms with E-state index < -0.39 is 4.92 Å². The summed E-state index contributed by atoms with van der Waals surface area (Å²) in [4.78, 5) is 40.7. The zero-order valence-electron chi connectivity index (χ0n) is 18.0. The maximum absolute atomic E-state index is 13.1. The van der Waals surface area contributed by atoms with Gasteiger partial charge in [0.1, 0.15) is 5.75 Å². The summed E-state index contributed by atoms with van der Waals surface area (Å²) in [6.07, 6.45) is 1.12. The van der Waals surface area contributed by atoms with E-state index in [1.165, 1.54) is 17.0 Å². The second-order valence-corrected chi connectivity index (χ2v) is 8.09. The number of imide groups is 1. The summed E-state index contributed by atoms with van der Waals surface area (Å²) in [5, 5.41) is 10.8. The minimum absolute atomic E-state index is 0.0677. The Balaban J connectivity index is 1.37. The van der Waals surface area contributed by atoms with E-state index in [4.69, 9.17) is 4.74 Å². The fourth-order valence-corrected chi connectivity index (χ4v) is 4.32. The van der Waals surface area contributed by atoms with Crippen LogP contribution < -0.4 is 19.4 Å². The average Bonchev–Trinajstić information content (AvgIpc) is 3.12. The van der Waals surface area contributed by atoms with Crippen LogP contribution in [-0.2, 0) is 9.59 Å². The van der Waals surface area contributed by atoms with Crippen molar-refractivity contribution in [2.75, 3.05) is 42.6 Å². The summed E-state index contributed by atoms with van der Waals surface area (Å²) in [5.74, 6) is 0.391. The fraction of sp³-hybridized carbons (Fsp3) is 0.391. The smallest absolute Gasteiger partial charge is 0.292 e. The number of anilines is 2. The second-order valence-electron chi connectivity index (χ2n) is 8.09. The molecular formula is C23H27N4O5+.